The molecule has 1 nitrogen and oxygen atoms in total. The van der Waals surface area contributed by atoms with Crippen molar-refractivity contribution in [2.75, 3.05) is 5.73 Å². The van der Waals surface area contributed by atoms with E-state index in [1.54, 1.807) is 23.5 Å². The predicted octanol–water partition coefficient (Wildman–Crippen LogP) is 7.34. The summed E-state index contributed by atoms with van der Waals surface area (Å²) in [5, 5.41) is 2.32. The van der Waals surface area contributed by atoms with E-state index in [1.165, 1.54) is 31.2 Å². The van der Waals surface area contributed by atoms with Gasteiger partial charge in [-0.25, -0.2) is 0 Å². The third-order valence-corrected chi connectivity index (χ3v) is 6.64. The zero-order chi connectivity index (χ0) is 18.8. The molecule has 134 valence electrons. The van der Waals surface area contributed by atoms with Crippen molar-refractivity contribution in [3.63, 3.8) is 0 Å². The summed E-state index contributed by atoms with van der Waals surface area (Å²) in [4.78, 5) is 4.78. The molecule has 0 saturated heterocycles. The van der Waals surface area contributed by atoms with Gasteiger partial charge >= 0.3 is 0 Å². The van der Waals surface area contributed by atoms with Gasteiger partial charge in [0.05, 0.1) is 5.69 Å². The Hall–Kier alpha value is -2.36. The molecule has 0 radical (unpaired) electrons. The highest BCUT2D eigenvalue weighted by molar-refractivity contribution is 8.00. The SMILES string of the molecule is Cc1ccc(Sc2cc(Sc3ccc(C)cc3)c3ccccc3c2N)cc1. The number of fused-ring (bicyclic) bond motifs is 1. The van der Waals surface area contributed by atoms with E-state index in [1.807, 2.05) is 0 Å². The minimum absolute atomic E-state index is 0.851. The normalized spacial score (nSPS) is 11.0. The molecule has 2 N–H and O–H groups in total. The van der Waals surface area contributed by atoms with Crippen molar-refractivity contribution in [3.8, 4) is 0 Å². The lowest BCUT2D eigenvalue weighted by Crippen LogP contribution is -1.92. The lowest BCUT2D eigenvalue weighted by molar-refractivity contribution is 1.33. The lowest BCUT2D eigenvalue weighted by atomic mass is 10.1. The van der Waals surface area contributed by atoms with Gasteiger partial charge in [-0.15, -0.1) is 0 Å². The van der Waals surface area contributed by atoms with E-state index in [4.69, 9.17) is 5.73 Å². The average molecular weight is 388 g/mol. The third-order valence-electron chi connectivity index (χ3n) is 4.51. The topological polar surface area (TPSA) is 26.0 Å². The fourth-order valence-corrected chi connectivity index (χ4v) is 4.96. The Morgan fingerprint density at radius 2 is 1.07 bits per heavy atom. The van der Waals surface area contributed by atoms with E-state index >= 15 is 0 Å². The molecular formula is C24H21NS2. The lowest BCUT2D eigenvalue weighted by Gasteiger charge is -2.14. The zero-order valence-electron chi connectivity index (χ0n) is 15.4. The summed E-state index contributed by atoms with van der Waals surface area (Å²) in [6, 6.07) is 27.9. The molecule has 0 aromatic heterocycles. The molecule has 0 unspecified atom stereocenters. The van der Waals surface area contributed by atoms with Crippen LogP contribution in [0.3, 0.4) is 0 Å². The summed E-state index contributed by atoms with van der Waals surface area (Å²) in [7, 11) is 0. The van der Waals surface area contributed by atoms with Gasteiger partial charge in [-0.2, -0.15) is 0 Å². The molecule has 0 heterocycles. The van der Waals surface area contributed by atoms with Crippen molar-refractivity contribution < 1.29 is 0 Å². The molecule has 0 spiro atoms. The van der Waals surface area contributed by atoms with Gasteiger partial charge in [-0.1, -0.05) is 83.2 Å². The van der Waals surface area contributed by atoms with Crippen LogP contribution in [0.2, 0.25) is 0 Å². The molecule has 3 heteroatoms. The maximum atomic E-state index is 6.55. The van der Waals surface area contributed by atoms with Crippen molar-refractivity contribution in [2.24, 2.45) is 0 Å². The number of hydrogen-bond donors (Lipinski definition) is 1. The van der Waals surface area contributed by atoms with Crippen molar-refractivity contribution in [1.29, 1.82) is 0 Å². The number of aryl methyl sites for hydroxylation is 2. The van der Waals surface area contributed by atoms with Crippen LogP contribution in [-0.4, -0.2) is 0 Å². The zero-order valence-corrected chi connectivity index (χ0v) is 17.0. The first-order valence-corrected chi connectivity index (χ1v) is 10.5. The van der Waals surface area contributed by atoms with E-state index in [9.17, 15) is 0 Å². The number of hydrogen-bond acceptors (Lipinski definition) is 3. The maximum Gasteiger partial charge on any atom is 0.0536 e. The van der Waals surface area contributed by atoms with Gasteiger partial charge < -0.3 is 5.73 Å². The summed E-state index contributed by atoms with van der Waals surface area (Å²) < 4.78 is 0. The van der Waals surface area contributed by atoms with Crippen LogP contribution >= 0.6 is 23.5 Å². The highest BCUT2D eigenvalue weighted by Gasteiger charge is 2.12. The van der Waals surface area contributed by atoms with E-state index in [-0.39, 0.29) is 0 Å². The smallest absolute Gasteiger partial charge is 0.0536 e. The molecule has 0 amide bonds. The molecule has 4 aromatic carbocycles. The standard InChI is InChI=1S/C24H21NS2/c1-16-7-11-18(12-8-16)26-22-15-23(27-19-13-9-17(2)10-14-19)24(25)21-6-4-3-5-20(21)22/h3-15H,25H2,1-2H3. The maximum absolute atomic E-state index is 6.55. The van der Waals surface area contributed by atoms with Gasteiger partial charge in [-0.05, 0) is 49.6 Å². The fourth-order valence-electron chi connectivity index (χ4n) is 2.98. The number of benzene rings is 4. The van der Waals surface area contributed by atoms with Crippen LogP contribution in [0.5, 0.6) is 0 Å². The van der Waals surface area contributed by atoms with Crippen LogP contribution in [-0.2, 0) is 0 Å². The molecule has 0 aliphatic heterocycles. The van der Waals surface area contributed by atoms with E-state index in [0.29, 0.717) is 0 Å². The summed E-state index contributed by atoms with van der Waals surface area (Å²) in [5.41, 5.74) is 9.94. The van der Waals surface area contributed by atoms with Crippen LogP contribution in [0.25, 0.3) is 10.8 Å². The summed E-state index contributed by atoms with van der Waals surface area (Å²) >= 11 is 3.52. The molecule has 0 aliphatic carbocycles. The van der Waals surface area contributed by atoms with E-state index in [2.05, 4.69) is 92.7 Å². The molecular weight excluding hydrogens is 366 g/mol. The molecule has 27 heavy (non-hydrogen) atoms. The predicted molar refractivity (Wildman–Crippen MR) is 119 cm³/mol. The largest absolute Gasteiger partial charge is 0.397 e. The Labute approximate surface area is 169 Å². The van der Waals surface area contributed by atoms with Crippen LogP contribution in [0.4, 0.5) is 5.69 Å². The third kappa shape index (κ3) is 4.00. The van der Waals surface area contributed by atoms with Crippen LogP contribution in [0, 0.1) is 13.8 Å². The molecule has 0 atom stereocenters. The summed E-state index contributed by atoms with van der Waals surface area (Å²) in [6.45, 7) is 4.22. The Bertz CT molecular complexity index is 1080. The Morgan fingerprint density at radius 3 is 1.63 bits per heavy atom. The van der Waals surface area contributed by atoms with Crippen molar-refractivity contribution >= 4 is 40.0 Å². The monoisotopic (exact) mass is 387 g/mol. The minimum Gasteiger partial charge on any atom is -0.397 e. The molecule has 4 aromatic rings. The van der Waals surface area contributed by atoms with Gasteiger partial charge in [-0.3, -0.25) is 0 Å². The second-order valence-electron chi connectivity index (χ2n) is 6.66. The van der Waals surface area contributed by atoms with Crippen molar-refractivity contribution in [1.82, 2.24) is 0 Å². The highest BCUT2D eigenvalue weighted by Crippen LogP contribution is 2.43. The first-order valence-electron chi connectivity index (χ1n) is 8.90. The number of rotatable bonds is 4. The van der Waals surface area contributed by atoms with Gasteiger partial charge in [0.15, 0.2) is 0 Å². The highest BCUT2D eigenvalue weighted by atomic mass is 32.2. The van der Waals surface area contributed by atoms with Gasteiger partial charge in [0.1, 0.15) is 0 Å². The quantitative estimate of drug-likeness (QED) is 0.371. The Morgan fingerprint density at radius 1 is 0.593 bits per heavy atom. The number of anilines is 1. The Kier molecular flexibility index (Phi) is 5.15. The van der Waals surface area contributed by atoms with Gasteiger partial charge in [0.25, 0.3) is 0 Å². The van der Waals surface area contributed by atoms with Crippen LogP contribution < -0.4 is 5.73 Å². The summed E-state index contributed by atoms with van der Waals surface area (Å²) in [5.74, 6) is 0. The number of nitrogens with two attached hydrogens (primary N) is 1. The van der Waals surface area contributed by atoms with Crippen LogP contribution in [0.1, 0.15) is 11.1 Å². The van der Waals surface area contributed by atoms with Gasteiger partial charge in [0, 0.05) is 25.0 Å². The summed E-state index contributed by atoms with van der Waals surface area (Å²) in [6.07, 6.45) is 0. The van der Waals surface area contributed by atoms with Crippen LogP contribution in [0.15, 0.2) is 98.4 Å². The molecule has 0 saturated carbocycles. The molecule has 4 rings (SSSR count). The minimum atomic E-state index is 0.851. The fraction of sp³-hybridized carbons (Fsp3) is 0.0833. The first-order chi connectivity index (χ1) is 13.1. The molecule has 0 aliphatic rings. The number of nitrogen functional groups attached to an aromatic ring is 1. The van der Waals surface area contributed by atoms with E-state index in [0.717, 1.165) is 16.0 Å². The second-order valence-corrected chi connectivity index (χ2v) is 8.89. The van der Waals surface area contributed by atoms with Crippen molar-refractivity contribution in [2.45, 2.75) is 33.4 Å². The molecule has 0 fully saturated rings. The van der Waals surface area contributed by atoms with Crippen molar-refractivity contribution in [3.05, 3.63) is 90.0 Å². The average Bonchev–Trinajstić information content (AvgIpc) is 2.69. The Balaban J connectivity index is 1.78. The van der Waals surface area contributed by atoms with E-state index < -0.39 is 0 Å². The van der Waals surface area contributed by atoms with Gasteiger partial charge in [0.2, 0.25) is 0 Å². The second kappa shape index (κ2) is 7.71. The first kappa shape index (κ1) is 18.0. The molecule has 0 bridgehead atoms.